The van der Waals surface area contributed by atoms with E-state index in [0.29, 0.717) is 12.3 Å². The number of Topliss-reactive ketones (excluding diaryl/α,β-unsaturated/α-hetero) is 1. The third-order valence-corrected chi connectivity index (χ3v) is 4.28. The molecule has 19 heavy (non-hydrogen) atoms. The molecule has 3 heteroatoms. The number of fused-ring (bicyclic) bond motifs is 1. The van der Waals surface area contributed by atoms with E-state index in [-0.39, 0.29) is 5.78 Å². The number of aromatic nitrogens is 2. The van der Waals surface area contributed by atoms with Crippen molar-refractivity contribution in [1.29, 1.82) is 0 Å². The first-order chi connectivity index (χ1) is 9.20. The molecule has 2 aromatic rings. The number of imidazole rings is 1. The number of hydrogen-bond acceptors (Lipinski definition) is 2. The van der Waals surface area contributed by atoms with Crippen molar-refractivity contribution in [2.45, 2.75) is 44.9 Å². The number of hydrogen-bond donors (Lipinski definition) is 0. The molecule has 1 fully saturated rings. The second kappa shape index (κ2) is 4.80. The Hall–Kier alpha value is -1.64. The van der Waals surface area contributed by atoms with Gasteiger partial charge >= 0.3 is 0 Å². The quantitative estimate of drug-likeness (QED) is 0.782. The highest BCUT2D eigenvalue weighted by molar-refractivity contribution is 5.98. The topological polar surface area (TPSA) is 34.9 Å². The first-order valence-electron chi connectivity index (χ1n) is 7.20. The van der Waals surface area contributed by atoms with Crippen LogP contribution in [0.3, 0.4) is 0 Å². The fourth-order valence-electron chi connectivity index (χ4n) is 3.15. The molecular weight excluding hydrogens is 236 g/mol. The summed E-state index contributed by atoms with van der Waals surface area (Å²) in [5, 5.41) is 0. The minimum absolute atomic E-state index is 0.190. The van der Waals surface area contributed by atoms with Crippen LogP contribution in [0, 0.1) is 0 Å². The van der Waals surface area contributed by atoms with Crippen molar-refractivity contribution in [3.63, 3.8) is 0 Å². The second-order valence-electron chi connectivity index (χ2n) is 5.49. The molecule has 0 saturated heterocycles. The predicted molar refractivity (Wildman–Crippen MR) is 76.5 cm³/mol. The lowest BCUT2D eigenvalue weighted by atomic mass is 10.1. The number of ketones is 1. The van der Waals surface area contributed by atoms with E-state index in [4.69, 9.17) is 4.98 Å². The van der Waals surface area contributed by atoms with Crippen LogP contribution >= 0.6 is 0 Å². The molecule has 0 aliphatic heterocycles. The molecular formula is C16H20N2O. The first-order valence-corrected chi connectivity index (χ1v) is 7.20. The second-order valence-corrected chi connectivity index (χ2v) is 5.49. The van der Waals surface area contributed by atoms with Gasteiger partial charge in [0.1, 0.15) is 5.82 Å². The lowest BCUT2D eigenvalue weighted by Crippen LogP contribution is -2.02. The van der Waals surface area contributed by atoms with Gasteiger partial charge in [-0.1, -0.05) is 19.8 Å². The predicted octanol–water partition coefficient (Wildman–Crippen LogP) is 3.82. The lowest BCUT2D eigenvalue weighted by Gasteiger charge is -2.08. The van der Waals surface area contributed by atoms with E-state index < -0.39 is 0 Å². The number of rotatable bonds is 3. The monoisotopic (exact) mass is 256 g/mol. The molecule has 0 bridgehead atoms. The Balaban J connectivity index is 2.06. The van der Waals surface area contributed by atoms with Gasteiger partial charge < -0.3 is 4.57 Å². The van der Waals surface area contributed by atoms with Gasteiger partial charge in [-0.3, -0.25) is 4.79 Å². The van der Waals surface area contributed by atoms with Crippen LogP contribution in [0.15, 0.2) is 18.2 Å². The van der Waals surface area contributed by atoms with Crippen LogP contribution in [0.5, 0.6) is 0 Å². The van der Waals surface area contributed by atoms with Crippen LogP contribution < -0.4 is 0 Å². The Morgan fingerprint density at radius 2 is 2.11 bits per heavy atom. The number of carbonyl (C=O) groups is 1. The van der Waals surface area contributed by atoms with Gasteiger partial charge in [-0.2, -0.15) is 0 Å². The Labute approximate surface area is 113 Å². The number of nitrogens with zero attached hydrogens (tertiary/aromatic N) is 2. The largest absolute Gasteiger partial charge is 0.331 e. The van der Waals surface area contributed by atoms with Gasteiger partial charge in [0.05, 0.1) is 11.0 Å². The highest BCUT2D eigenvalue weighted by Crippen LogP contribution is 2.34. The first kappa shape index (κ1) is 12.4. The number of carbonyl (C=O) groups excluding carboxylic acids is 1. The van der Waals surface area contributed by atoms with Crippen molar-refractivity contribution in [3.8, 4) is 0 Å². The van der Waals surface area contributed by atoms with Crippen LogP contribution in [0.4, 0.5) is 0 Å². The van der Waals surface area contributed by atoms with Gasteiger partial charge in [-0.25, -0.2) is 4.98 Å². The maximum absolute atomic E-state index is 11.8. The van der Waals surface area contributed by atoms with Gasteiger partial charge in [0, 0.05) is 24.9 Å². The summed E-state index contributed by atoms with van der Waals surface area (Å²) in [5.74, 6) is 1.98. The molecule has 0 amide bonds. The Morgan fingerprint density at radius 3 is 2.79 bits per heavy atom. The van der Waals surface area contributed by atoms with Crippen molar-refractivity contribution in [2.24, 2.45) is 7.05 Å². The van der Waals surface area contributed by atoms with E-state index in [9.17, 15) is 4.79 Å². The minimum Gasteiger partial charge on any atom is -0.331 e. The molecule has 1 heterocycles. The Bertz CT molecular complexity index is 621. The van der Waals surface area contributed by atoms with Crippen LogP contribution in [0.2, 0.25) is 0 Å². The summed E-state index contributed by atoms with van der Waals surface area (Å²) < 4.78 is 2.20. The molecule has 0 radical (unpaired) electrons. The van der Waals surface area contributed by atoms with Gasteiger partial charge in [0.2, 0.25) is 0 Å². The molecule has 1 saturated carbocycles. The van der Waals surface area contributed by atoms with Crippen LogP contribution in [0.25, 0.3) is 11.0 Å². The number of benzene rings is 1. The van der Waals surface area contributed by atoms with Gasteiger partial charge in [0.15, 0.2) is 5.78 Å². The zero-order valence-corrected chi connectivity index (χ0v) is 11.6. The van der Waals surface area contributed by atoms with Gasteiger partial charge in [0.25, 0.3) is 0 Å². The van der Waals surface area contributed by atoms with Crippen LogP contribution in [-0.4, -0.2) is 15.3 Å². The van der Waals surface area contributed by atoms with Crippen molar-refractivity contribution >= 4 is 16.8 Å². The molecule has 1 aromatic heterocycles. The molecule has 3 nitrogen and oxygen atoms in total. The zero-order chi connectivity index (χ0) is 13.4. The average Bonchev–Trinajstić information content (AvgIpc) is 3.05. The number of aryl methyl sites for hydroxylation is 1. The van der Waals surface area contributed by atoms with Gasteiger partial charge in [-0.05, 0) is 31.0 Å². The van der Waals surface area contributed by atoms with Crippen molar-refractivity contribution < 1.29 is 4.79 Å². The molecule has 0 unspecified atom stereocenters. The lowest BCUT2D eigenvalue weighted by molar-refractivity contribution is 0.0988. The standard InChI is InChI=1S/C16H20N2O/c1-3-15(19)12-8-9-14-13(10-12)17-16(18(14)2)11-6-4-5-7-11/h8-11H,3-7H2,1-2H3. The smallest absolute Gasteiger partial charge is 0.162 e. The summed E-state index contributed by atoms with van der Waals surface area (Å²) in [6, 6.07) is 5.90. The molecule has 100 valence electrons. The zero-order valence-electron chi connectivity index (χ0n) is 11.6. The summed E-state index contributed by atoms with van der Waals surface area (Å²) >= 11 is 0. The molecule has 1 aliphatic rings. The van der Waals surface area contributed by atoms with E-state index in [2.05, 4.69) is 11.6 Å². The normalized spacial score (nSPS) is 16.3. The summed E-state index contributed by atoms with van der Waals surface area (Å²) in [7, 11) is 2.09. The molecule has 0 spiro atoms. The molecule has 0 N–H and O–H groups in total. The minimum atomic E-state index is 0.190. The summed E-state index contributed by atoms with van der Waals surface area (Å²) in [5.41, 5.74) is 2.88. The van der Waals surface area contributed by atoms with Crippen molar-refractivity contribution in [3.05, 3.63) is 29.6 Å². The van der Waals surface area contributed by atoms with E-state index in [1.165, 1.54) is 31.5 Å². The van der Waals surface area contributed by atoms with E-state index in [0.717, 1.165) is 16.6 Å². The average molecular weight is 256 g/mol. The van der Waals surface area contributed by atoms with E-state index >= 15 is 0 Å². The molecule has 1 aromatic carbocycles. The molecule has 0 atom stereocenters. The Morgan fingerprint density at radius 1 is 1.37 bits per heavy atom. The van der Waals surface area contributed by atoms with Crippen molar-refractivity contribution in [1.82, 2.24) is 9.55 Å². The highest BCUT2D eigenvalue weighted by Gasteiger charge is 2.22. The van der Waals surface area contributed by atoms with Gasteiger partial charge in [-0.15, -0.1) is 0 Å². The summed E-state index contributed by atoms with van der Waals surface area (Å²) in [4.78, 5) is 16.6. The molecule has 3 rings (SSSR count). The molecule has 1 aliphatic carbocycles. The van der Waals surface area contributed by atoms with Crippen LogP contribution in [0.1, 0.15) is 61.1 Å². The maximum atomic E-state index is 11.8. The maximum Gasteiger partial charge on any atom is 0.162 e. The van der Waals surface area contributed by atoms with E-state index in [1.807, 2.05) is 25.1 Å². The third kappa shape index (κ3) is 2.07. The highest BCUT2D eigenvalue weighted by atomic mass is 16.1. The summed E-state index contributed by atoms with van der Waals surface area (Å²) in [6.45, 7) is 1.90. The fourth-order valence-corrected chi connectivity index (χ4v) is 3.15. The SMILES string of the molecule is CCC(=O)c1ccc2c(c1)nc(C1CCCC1)n2C. The van der Waals surface area contributed by atoms with Crippen molar-refractivity contribution in [2.75, 3.05) is 0 Å². The van der Waals surface area contributed by atoms with Crippen LogP contribution in [-0.2, 0) is 7.05 Å². The fraction of sp³-hybridized carbons (Fsp3) is 0.500. The van der Waals surface area contributed by atoms with E-state index in [1.54, 1.807) is 0 Å². The third-order valence-electron chi connectivity index (χ3n) is 4.28. The summed E-state index contributed by atoms with van der Waals surface area (Å²) in [6.07, 6.45) is 5.67. The Kier molecular flexibility index (Phi) is 3.13.